The molecule has 1 aliphatic rings. The normalized spacial score (nSPS) is 20.1. The zero-order valence-electron chi connectivity index (χ0n) is 12.2. The quantitative estimate of drug-likeness (QED) is 0.819. The first-order valence-electron chi connectivity index (χ1n) is 7.47. The molecule has 19 heavy (non-hydrogen) atoms. The Bertz CT molecular complexity index is 346. The van der Waals surface area contributed by atoms with E-state index < -0.39 is 0 Å². The van der Waals surface area contributed by atoms with Crippen LogP contribution in [0.3, 0.4) is 0 Å². The minimum Gasteiger partial charge on any atom is -0.314 e. The highest BCUT2D eigenvalue weighted by Gasteiger charge is 2.13. The SMILES string of the molecule is CC(CNC(C)c1ccccc1)CN1CCNCC1. The van der Waals surface area contributed by atoms with Crippen LogP contribution in [0.25, 0.3) is 0 Å². The first-order chi connectivity index (χ1) is 9.25. The average Bonchev–Trinajstić information content (AvgIpc) is 2.47. The fourth-order valence-corrected chi connectivity index (χ4v) is 2.64. The highest BCUT2D eigenvalue weighted by Crippen LogP contribution is 2.11. The molecule has 2 rings (SSSR count). The zero-order chi connectivity index (χ0) is 13.5. The van der Waals surface area contributed by atoms with Crippen LogP contribution in [0.5, 0.6) is 0 Å². The molecule has 1 aromatic carbocycles. The maximum Gasteiger partial charge on any atom is 0.0291 e. The predicted molar refractivity (Wildman–Crippen MR) is 81.3 cm³/mol. The van der Waals surface area contributed by atoms with Crippen LogP contribution in [0.15, 0.2) is 30.3 Å². The van der Waals surface area contributed by atoms with Crippen molar-refractivity contribution in [1.82, 2.24) is 15.5 Å². The van der Waals surface area contributed by atoms with Gasteiger partial charge in [0.25, 0.3) is 0 Å². The van der Waals surface area contributed by atoms with Crippen LogP contribution in [-0.2, 0) is 0 Å². The third-order valence-electron chi connectivity index (χ3n) is 3.85. The maximum atomic E-state index is 3.65. The molecule has 0 amide bonds. The van der Waals surface area contributed by atoms with E-state index in [2.05, 4.69) is 59.7 Å². The first-order valence-corrected chi connectivity index (χ1v) is 7.47. The van der Waals surface area contributed by atoms with Crippen molar-refractivity contribution in [3.05, 3.63) is 35.9 Å². The van der Waals surface area contributed by atoms with Crippen LogP contribution >= 0.6 is 0 Å². The monoisotopic (exact) mass is 261 g/mol. The highest BCUT2D eigenvalue weighted by molar-refractivity contribution is 5.17. The molecule has 3 heteroatoms. The topological polar surface area (TPSA) is 27.3 Å². The fraction of sp³-hybridized carbons (Fsp3) is 0.625. The largest absolute Gasteiger partial charge is 0.314 e. The van der Waals surface area contributed by atoms with Gasteiger partial charge in [0, 0.05) is 38.8 Å². The summed E-state index contributed by atoms with van der Waals surface area (Å²) in [6.45, 7) is 11.5. The van der Waals surface area contributed by atoms with Gasteiger partial charge in [0.2, 0.25) is 0 Å². The Labute approximate surface area is 117 Å². The molecule has 106 valence electrons. The second kappa shape index (κ2) is 7.63. The zero-order valence-corrected chi connectivity index (χ0v) is 12.2. The molecule has 2 N–H and O–H groups in total. The van der Waals surface area contributed by atoms with Gasteiger partial charge in [-0.05, 0) is 24.9 Å². The Morgan fingerprint density at radius 3 is 2.53 bits per heavy atom. The Hall–Kier alpha value is -0.900. The summed E-state index contributed by atoms with van der Waals surface area (Å²) in [4.78, 5) is 2.57. The summed E-state index contributed by atoms with van der Waals surface area (Å²) in [5.41, 5.74) is 1.37. The molecular formula is C16H27N3. The molecule has 0 spiro atoms. The molecule has 1 heterocycles. The highest BCUT2D eigenvalue weighted by atomic mass is 15.2. The number of nitrogens with one attached hydrogen (secondary N) is 2. The average molecular weight is 261 g/mol. The lowest BCUT2D eigenvalue weighted by atomic mass is 10.1. The number of hydrogen-bond donors (Lipinski definition) is 2. The first kappa shape index (κ1) is 14.5. The number of benzene rings is 1. The van der Waals surface area contributed by atoms with E-state index >= 15 is 0 Å². The fourth-order valence-electron chi connectivity index (χ4n) is 2.64. The van der Waals surface area contributed by atoms with Crippen LogP contribution in [-0.4, -0.2) is 44.2 Å². The van der Waals surface area contributed by atoms with Gasteiger partial charge in [-0.15, -0.1) is 0 Å². The molecule has 2 unspecified atom stereocenters. The summed E-state index contributed by atoms with van der Waals surface area (Å²) in [5, 5.41) is 7.05. The Kier molecular flexibility index (Phi) is 5.83. The van der Waals surface area contributed by atoms with Gasteiger partial charge >= 0.3 is 0 Å². The van der Waals surface area contributed by atoms with Crippen LogP contribution < -0.4 is 10.6 Å². The number of hydrogen-bond acceptors (Lipinski definition) is 3. The summed E-state index contributed by atoms with van der Waals surface area (Å²) in [5.74, 6) is 0.698. The third kappa shape index (κ3) is 4.94. The molecule has 1 aliphatic heterocycles. The lowest BCUT2D eigenvalue weighted by Gasteiger charge is -2.30. The number of piperazine rings is 1. The molecular weight excluding hydrogens is 234 g/mol. The van der Waals surface area contributed by atoms with Crippen LogP contribution in [0.1, 0.15) is 25.5 Å². The minimum atomic E-state index is 0.437. The third-order valence-corrected chi connectivity index (χ3v) is 3.85. The van der Waals surface area contributed by atoms with Crippen molar-refractivity contribution in [3.8, 4) is 0 Å². The van der Waals surface area contributed by atoms with Gasteiger partial charge in [-0.3, -0.25) is 0 Å². The smallest absolute Gasteiger partial charge is 0.0291 e. The molecule has 0 radical (unpaired) electrons. The lowest BCUT2D eigenvalue weighted by Crippen LogP contribution is -2.46. The summed E-state index contributed by atoms with van der Waals surface area (Å²) in [7, 11) is 0. The van der Waals surface area contributed by atoms with E-state index in [1.807, 2.05) is 0 Å². The molecule has 3 nitrogen and oxygen atoms in total. The molecule has 1 aromatic rings. The van der Waals surface area contributed by atoms with Gasteiger partial charge in [0.1, 0.15) is 0 Å². The standard InChI is InChI=1S/C16H27N3/c1-14(13-19-10-8-17-9-11-19)12-18-15(2)16-6-4-3-5-7-16/h3-7,14-15,17-18H,8-13H2,1-2H3. The molecule has 0 aliphatic carbocycles. The van der Waals surface area contributed by atoms with Crippen molar-refractivity contribution >= 4 is 0 Å². The molecule has 0 bridgehead atoms. The molecule has 0 saturated carbocycles. The minimum absolute atomic E-state index is 0.437. The van der Waals surface area contributed by atoms with E-state index in [1.165, 1.54) is 25.2 Å². The van der Waals surface area contributed by atoms with E-state index in [1.54, 1.807) is 0 Å². The Morgan fingerprint density at radius 1 is 1.16 bits per heavy atom. The predicted octanol–water partition coefficient (Wildman–Crippen LogP) is 1.88. The maximum absolute atomic E-state index is 3.65. The van der Waals surface area contributed by atoms with Crippen molar-refractivity contribution in [2.45, 2.75) is 19.9 Å². The molecule has 0 aromatic heterocycles. The second-order valence-corrected chi connectivity index (χ2v) is 5.70. The summed E-state index contributed by atoms with van der Waals surface area (Å²) < 4.78 is 0. The van der Waals surface area contributed by atoms with Gasteiger partial charge in [-0.1, -0.05) is 37.3 Å². The van der Waals surface area contributed by atoms with Crippen LogP contribution in [0, 0.1) is 5.92 Å². The molecule has 1 fully saturated rings. The summed E-state index contributed by atoms with van der Waals surface area (Å²) in [6, 6.07) is 11.1. The summed E-state index contributed by atoms with van der Waals surface area (Å²) in [6.07, 6.45) is 0. The lowest BCUT2D eigenvalue weighted by molar-refractivity contribution is 0.208. The van der Waals surface area contributed by atoms with Gasteiger partial charge in [-0.2, -0.15) is 0 Å². The second-order valence-electron chi connectivity index (χ2n) is 5.70. The number of nitrogens with zero attached hydrogens (tertiary/aromatic N) is 1. The van der Waals surface area contributed by atoms with Crippen molar-refractivity contribution in [2.75, 3.05) is 39.3 Å². The van der Waals surface area contributed by atoms with E-state index in [0.717, 1.165) is 19.6 Å². The Balaban J connectivity index is 1.69. The molecule has 2 atom stereocenters. The van der Waals surface area contributed by atoms with Gasteiger partial charge in [0.15, 0.2) is 0 Å². The van der Waals surface area contributed by atoms with Crippen molar-refractivity contribution in [2.24, 2.45) is 5.92 Å². The molecule has 1 saturated heterocycles. The summed E-state index contributed by atoms with van der Waals surface area (Å²) >= 11 is 0. The van der Waals surface area contributed by atoms with E-state index in [0.29, 0.717) is 12.0 Å². The van der Waals surface area contributed by atoms with Crippen molar-refractivity contribution in [3.63, 3.8) is 0 Å². The van der Waals surface area contributed by atoms with Gasteiger partial charge in [0.05, 0.1) is 0 Å². The number of rotatable bonds is 6. The van der Waals surface area contributed by atoms with E-state index in [9.17, 15) is 0 Å². The van der Waals surface area contributed by atoms with E-state index in [-0.39, 0.29) is 0 Å². The van der Waals surface area contributed by atoms with E-state index in [4.69, 9.17) is 0 Å². The van der Waals surface area contributed by atoms with Crippen LogP contribution in [0.4, 0.5) is 0 Å². The van der Waals surface area contributed by atoms with Gasteiger partial charge < -0.3 is 15.5 Å². The van der Waals surface area contributed by atoms with Gasteiger partial charge in [-0.25, -0.2) is 0 Å². The van der Waals surface area contributed by atoms with Crippen LogP contribution in [0.2, 0.25) is 0 Å². The Morgan fingerprint density at radius 2 is 1.84 bits per heavy atom. The van der Waals surface area contributed by atoms with Crippen molar-refractivity contribution in [1.29, 1.82) is 0 Å². The van der Waals surface area contributed by atoms with Crippen molar-refractivity contribution < 1.29 is 0 Å².